The minimum atomic E-state index is 0.371. The molecule has 1 amide bonds. The Bertz CT molecular complexity index is 310. The van der Waals surface area contributed by atoms with Crippen LogP contribution in [-0.2, 0) is 4.79 Å². The number of thioether (sulfide) groups is 1. The van der Waals surface area contributed by atoms with Crippen molar-refractivity contribution in [3.8, 4) is 0 Å². The van der Waals surface area contributed by atoms with E-state index in [4.69, 9.17) is 0 Å². The van der Waals surface area contributed by atoms with Gasteiger partial charge in [-0.1, -0.05) is 0 Å². The Kier molecular flexibility index (Phi) is 4.66. The van der Waals surface area contributed by atoms with Gasteiger partial charge in [-0.05, 0) is 32.2 Å². The maximum Gasteiger partial charge on any atom is 0.224 e. The highest BCUT2D eigenvalue weighted by atomic mass is 32.2. The van der Waals surface area contributed by atoms with Gasteiger partial charge in [0.2, 0.25) is 5.91 Å². The maximum absolute atomic E-state index is 12.5. The summed E-state index contributed by atoms with van der Waals surface area (Å²) in [6.45, 7) is 3.11. The van der Waals surface area contributed by atoms with Gasteiger partial charge in [0.1, 0.15) is 0 Å². The molecule has 108 valence electrons. The van der Waals surface area contributed by atoms with Gasteiger partial charge in [-0.15, -0.1) is 0 Å². The molecular weight excluding hydrogens is 258 g/mol. The Morgan fingerprint density at radius 2 is 2.00 bits per heavy atom. The lowest BCUT2D eigenvalue weighted by atomic mass is 10.1. The molecule has 4 nitrogen and oxygen atoms in total. The molecular formula is C14H25N3OS. The molecule has 1 aliphatic carbocycles. The zero-order valence-electron chi connectivity index (χ0n) is 11.6. The highest BCUT2D eigenvalue weighted by Crippen LogP contribution is 2.28. The summed E-state index contributed by atoms with van der Waals surface area (Å²) in [5.41, 5.74) is 0. The minimum absolute atomic E-state index is 0.371. The molecule has 0 aromatic carbocycles. The van der Waals surface area contributed by atoms with Crippen LogP contribution in [0, 0.1) is 0 Å². The average Bonchev–Trinajstić information content (AvgIpc) is 3.14. The minimum Gasteiger partial charge on any atom is -0.338 e. The molecule has 0 spiro atoms. The van der Waals surface area contributed by atoms with Crippen molar-refractivity contribution < 1.29 is 4.79 Å². The van der Waals surface area contributed by atoms with Gasteiger partial charge in [-0.2, -0.15) is 11.8 Å². The van der Waals surface area contributed by atoms with Crippen LogP contribution in [0.5, 0.6) is 0 Å². The van der Waals surface area contributed by atoms with Crippen molar-refractivity contribution in [3.05, 3.63) is 0 Å². The molecule has 0 radical (unpaired) electrons. The third kappa shape index (κ3) is 3.86. The molecule has 3 aliphatic rings. The fourth-order valence-electron chi connectivity index (χ4n) is 3.07. The number of hydrogen-bond donors (Lipinski definition) is 2. The van der Waals surface area contributed by atoms with Crippen molar-refractivity contribution in [1.82, 2.24) is 15.5 Å². The first-order valence-corrected chi connectivity index (χ1v) is 8.82. The van der Waals surface area contributed by atoms with Gasteiger partial charge in [0.05, 0.1) is 0 Å². The summed E-state index contributed by atoms with van der Waals surface area (Å²) in [6.07, 6.45) is 5.61. The predicted molar refractivity (Wildman–Crippen MR) is 79.5 cm³/mol. The SMILES string of the molecule is O=C(C[C@H]1CSCCN1)N(C[C@@H]1CCCN1)C1CC1. The van der Waals surface area contributed by atoms with E-state index in [0.717, 1.165) is 25.4 Å². The summed E-state index contributed by atoms with van der Waals surface area (Å²) >= 11 is 1.97. The molecule has 5 heteroatoms. The highest BCUT2D eigenvalue weighted by molar-refractivity contribution is 7.99. The van der Waals surface area contributed by atoms with Crippen LogP contribution in [0.4, 0.5) is 0 Å². The van der Waals surface area contributed by atoms with Gasteiger partial charge in [-0.3, -0.25) is 4.79 Å². The lowest BCUT2D eigenvalue weighted by molar-refractivity contribution is -0.132. The van der Waals surface area contributed by atoms with Crippen molar-refractivity contribution in [2.75, 3.05) is 31.1 Å². The Hall–Kier alpha value is -0.260. The lowest BCUT2D eigenvalue weighted by Crippen LogP contribution is -2.46. The van der Waals surface area contributed by atoms with E-state index in [0.29, 0.717) is 30.5 Å². The van der Waals surface area contributed by atoms with E-state index < -0.39 is 0 Å². The fraction of sp³-hybridized carbons (Fsp3) is 0.929. The summed E-state index contributed by atoms with van der Waals surface area (Å²) in [5, 5.41) is 6.99. The number of amides is 1. The van der Waals surface area contributed by atoms with Gasteiger partial charge < -0.3 is 15.5 Å². The van der Waals surface area contributed by atoms with Gasteiger partial charge in [0.25, 0.3) is 0 Å². The second-order valence-electron chi connectivity index (χ2n) is 6.00. The standard InChI is InChI=1S/C14H25N3OS/c18-14(8-12-10-19-7-6-16-12)17(13-3-4-13)9-11-2-1-5-15-11/h11-13,15-16H,1-10H2/t11-,12-/m0/s1. The molecule has 2 heterocycles. The van der Waals surface area contributed by atoms with Crippen molar-refractivity contribution in [3.63, 3.8) is 0 Å². The molecule has 0 unspecified atom stereocenters. The van der Waals surface area contributed by atoms with Gasteiger partial charge in [0.15, 0.2) is 0 Å². The molecule has 2 atom stereocenters. The molecule has 1 saturated carbocycles. The van der Waals surface area contributed by atoms with Gasteiger partial charge in [-0.25, -0.2) is 0 Å². The first-order valence-electron chi connectivity index (χ1n) is 7.67. The molecule has 2 saturated heterocycles. The number of nitrogens with zero attached hydrogens (tertiary/aromatic N) is 1. The third-order valence-corrected chi connectivity index (χ3v) is 5.44. The summed E-state index contributed by atoms with van der Waals surface area (Å²) in [5.74, 6) is 2.64. The van der Waals surface area contributed by atoms with Crippen molar-refractivity contribution in [1.29, 1.82) is 0 Å². The van der Waals surface area contributed by atoms with Crippen LogP contribution in [-0.4, -0.2) is 60.1 Å². The quantitative estimate of drug-likeness (QED) is 0.784. The molecule has 3 fully saturated rings. The van der Waals surface area contributed by atoms with Gasteiger partial charge >= 0.3 is 0 Å². The van der Waals surface area contributed by atoms with Crippen LogP contribution in [0.25, 0.3) is 0 Å². The van der Waals surface area contributed by atoms with Crippen LogP contribution in [0.15, 0.2) is 0 Å². The van der Waals surface area contributed by atoms with Crippen molar-refractivity contribution >= 4 is 17.7 Å². The zero-order valence-corrected chi connectivity index (χ0v) is 12.4. The Morgan fingerprint density at radius 1 is 1.16 bits per heavy atom. The molecule has 3 rings (SSSR count). The Morgan fingerprint density at radius 3 is 2.63 bits per heavy atom. The first kappa shape index (κ1) is 13.7. The van der Waals surface area contributed by atoms with Crippen LogP contribution >= 0.6 is 11.8 Å². The normalized spacial score (nSPS) is 31.4. The van der Waals surface area contributed by atoms with Gasteiger partial charge in [0, 0.05) is 49.1 Å². The average molecular weight is 283 g/mol. The number of hydrogen-bond acceptors (Lipinski definition) is 4. The molecule has 0 aromatic heterocycles. The first-order chi connectivity index (χ1) is 9.33. The zero-order chi connectivity index (χ0) is 13.1. The van der Waals surface area contributed by atoms with E-state index in [1.165, 1.54) is 31.4 Å². The number of nitrogens with one attached hydrogen (secondary N) is 2. The molecule has 0 aromatic rings. The lowest BCUT2D eigenvalue weighted by Gasteiger charge is -2.29. The topological polar surface area (TPSA) is 44.4 Å². The summed E-state index contributed by atoms with van der Waals surface area (Å²) in [4.78, 5) is 14.7. The number of carbonyl (C=O) groups excluding carboxylic acids is 1. The molecule has 19 heavy (non-hydrogen) atoms. The number of carbonyl (C=O) groups is 1. The predicted octanol–water partition coefficient (Wildman–Crippen LogP) is 0.824. The maximum atomic E-state index is 12.5. The largest absolute Gasteiger partial charge is 0.338 e. The molecule has 2 N–H and O–H groups in total. The fourth-order valence-corrected chi connectivity index (χ4v) is 4.02. The Balaban J connectivity index is 1.51. The summed E-state index contributed by atoms with van der Waals surface area (Å²) < 4.78 is 0. The second kappa shape index (κ2) is 6.46. The van der Waals surface area contributed by atoms with Crippen LogP contribution in [0.3, 0.4) is 0 Å². The van der Waals surface area contributed by atoms with Crippen LogP contribution in [0.1, 0.15) is 32.1 Å². The molecule has 2 aliphatic heterocycles. The van der Waals surface area contributed by atoms with Crippen molar-refractivity contribution in [2.24, 2.45) is 0 Å². The Labute approximate surface area is 120 Å². The van der Waals surface area contributed by atoms with E-state index in [1.807, 2.05) is 11.8 Å². The smallest absolute Gasteiger partial charge is 0.224 e. The van der Waals surface area contributed by atoms with E-state index in [-0.39, 0.29) is 0 Å². The highest BCUT2D eigenvalue weighted by Gasteiger charge is 2.35. The van der Waals surface area contributed by atoms with Crippen molar-refractivity contribution in [2.45, 2.75) is 50.2 Å². The monoisotopic (exact) mass is 283 g/mol. The van der Waals surface area contributed by atoms with E-state index in [1.54, 1.807) is 0 Å². The molecule has 0 bridgehead atoms. The van der Waals surface area contributed by atoms with E-state index in [9.17, 15) is 4.79 Å². The number of rotatable bonds is 5. The van der Waals surface area contributed by atoms with E-state index in [2.05, 4.69) is 15.5 Å². The second-order valence-corrected chi connectivity index (χ2v) is 7.15. The van der Waals surface area contributed by atoms with E-state index >= 15 is 0 Å². The third-order valence-electron chi connectivity index (χ3n) is 4.31. The van der Waals surface area contributed by atoms with Crippen LogP contribution in [0.2, 0.25) is 0 Å². The summed E-state index contributed by atoms with van der Waals surface area (Å²) in [6, 6.07) is 1.48. The van der Waals surface area contributed by atoms with Crippen LogP contribution < -0.4 is 10.6 Å². The summed E-state index contributed by atoms with van der Waals surface area (Å²) in [7, 11) is 0.